The van der Waals surface area contributed by atoms with E-state index in [-0.39, 0.29) is 12.0 Å². The van der Waals surface area contributed by atoms with E-state index in [1.807, 2.05) is 44.2 Å². The van der Waals surface area contributed by atoms with Gasteiger partial charge in [-0.15, -0.1) is 0 Å². The highest BCUT2D eigenvalue weighted by molar-refractivity contribution is 5.59. The molecule has 146 valence electrons. The fourth-order valence-corrected chi connectivity index (χ4v) is 2.33. The maximum atomic E-state index is 12.7. The van der Waals surface area contributed by atoms with Gasteiger partial charge in [-0.2, -0.15) is 28.1 Å². The summed E-state index contributed by atoms with van der Waals surface area (Å²) in [6.07, 6.45) is -4.38. The van der Waals surface area contributed by atoms with Crippen molar-refractivity contribution in [1.82, 2.24) is 15.0 Å². The molecule has 0 aliphatic rings. The van der Waals surface area contributed by atoms with Crippen molar-refractivity contribution >= 4 is 29.2 Å². The minimum atomic E-state index is -4.38. The number of halogens is 3. The molecule has 0 fully saturated rings. The molecule has 0 unspecified atom stereocenters. The van der Waals surface area contributed by atoms with Gasteiger partial charge in [0.2, 0.25) is 17.8 Å². The molecule has 9 heteroatoms. The molecule has 1 heterocycles. The molecular formula is C19H19F3N6. The van der Waals surface area contributed by atoms with Crippen LogP contribution in [0.3, 0.4) is 0 Å². The third-order valence-corrected chi connectivity index (χ3v) is 3.55. The maximum absolute atomic E-state index is 12.7. The molecule has 0 aliphatic carbocycles. The Labute approximate surface area is 160 Å². The predicted molar refractivity (Wildman–Crippen MR) is 103 cm³/mol. The Morgan fingerprint density at radius 1 is 0.714 bits per heavy atom. The lowest BCUT2D eigenvalue weighted by Gasteiger charge is -2.13. The number of alkyl halides is 3. The molecule has 3 aromatic rings. The average molecular weight is 388 g/mol. The highest BCUT2D eigenvalue weighted by Gasteiger charge is 2.29. The molecule has 0 radical (unpaired) electrons. The SMILES string of the molecule is CC(C)Nc1nc(Nc2ccccc2)nc(Nc2ccc(C(F)(F)F)cc2)n1. The number of nitrogens with zero attached hydrogens (tertiary/aromatic N) is 3. The predicted octanol–water partition coefficient (Wildman–Crippen LogP) is 5.20. The molecule has 0 saturated carbocycles. The third kappa shape index (κ3) is 5.32. The fourth-order valence-electron chi connectivity index (χ4n) is 2.33. The van der Waals surface area contributed by atoms with Crippen molar-refractivity contribution in [3.05, 3.63) is 60.2 Å². The average Bonchev–Trinajstić information content (AvgIpc) is 2.61. The number of hydrogen-bond donors (Lipinski definition) is 3. The van der Waals surface area contributed by atoms with Gasteiger partial charge >= 0.3 is 6.18 Å². The van der Waals surface area contributed by atoms with Crippen LogP contribution in [0.2, 0.25) is 0 Å². The summed E-state index contributed by atoms with van der Waals surface area (Å²) in [7, 11) is 0. The summed E-state index contributed by atoms with van der Waals surface area (Å²) < 4.78 is 38.1. The van der Waals surface area contributed by atoms with Crippen LogP contribution in [0.1, 0.15) is 19.4 Å². The van der Waals surface area contributed by atoms with Crippen molar-refractivity contribution in [2.24, 2.45) is 0 Å². The van der Waals surface area contributed by atoms with Gasteiger partial charge in [0, 0.05) is 17.4 Å². The van der Waals surface area contributed by atoms with Gasteiger partial charge in [0.25, 0.3) is 0 Å². The van der Waals surface area contributed by atoms with E-state index < -0.39 is 11.7 Å². The summed E-state index contributed by atoms with van der Waals surface area (Å²) in [5.74, 6) is 0.855. The fraction of sp³-hybridized carbons (Fsp3) is 0.211. The molecule has 0 amide bonds. The number of aromatic nitrogens is 3. The van der Waals surface area contributed by atoms with Crippen LogP contribution in [0.4, 0.5) is 42.4 Å². The normalized spacial score (nSPS) is 11.4. The lowest BCUT2D eigenvalue weighted by atomic mass is 10.2. The van der Waals surface area contributed by atoms with Gasteiger partial charge < -0.3 is 16.0 Å². The minimum absolute atomic E-state index is 0.0888. The van der Waals surface area contributed by atoms with Crippen molar-refractivity contribution in [1.29, 1.82) is 0 Å². The molecule has 3 rings (SSSR count). The first-order valence-electron chi connectivity index (χ1n) is 8.58. The minimum Gasteiger partial charge on any atom is -0.352 e. The number of benzene rings is 2. The highest BCUT2D eigenvalue weighted by Crippen LogP contribution is 2.30. The number of para-hydroxylation sites is 1. The van der Waals surface area contributed by atoms with E-state index in [9.17, 15) is 13.2 Å². The van der Waals surface area contributed by atoms with Crippen LogP contribution in [-0.2, 0) is 6.18 Å². The molecule has 28 heavy (non-hydrogen) atoms. The molecule has 0 spiro atoms. The maximum Gasteiger partial charge on any atom is 0.416 e. The summed E-state index contributed by atoms with van der Waals surface area (Å²) in [5, 5.41) is 9.09. The molecule has 0 bridgehead atoms. The molecule has 6 nitrogen and oxygen atoms in total. The van der Waals surface area contributed by atoms with E-state index in [2.05, 4.69) is 30.9 Å². The first kappa shape index (κ1) is 19.4. The molecule has 0 aliphatic heterocycles. The second-order valence-corrected chi connectivity index (χ2v) is 6.30. The van der Waals surface area contributed by atoms with E-state index in [0.29, 0.717) is 17.6 Å². The Balaban J connectivity index is 1.85. The van der Waals surface area contributed by atoms with E-state index >= 15 is 0 Å². The van der Waals surface area contributed by atoms with Gasteiger partial charge in [-0.05, 0) is 50.2 Å². The van der Waals surface area contributed by atoms with Gasteiger partial charge in [0.05, 0.1) is 5.56 Å². The molecule has 0 saturated heterocycles. The highest BCUT2D eigenvalue weighted by atomic mass is 19.4. The Bertz CT molecular complexity index is 911. The number of nitrogens with one attached hydrogen (secondary N) is 3. The Hall–Kier alpha value is -3.36. The van der Waals surface area contributed by atoms with Gasteiger partial charge in [0.15, 0.2) is 0 Å². The zero-order valence-corrected chi connectivity index (χ0v) is 15.2. The monoisotopic (exact) mass is 388 g/mol. The number of hydrogen-bond acceptors (Lipinski definition) is 6. The van der Waals surface area contributed by atoms with Crippen molar-refractivity contribution < 1.29 is 13.2 Å². The Morgan fingerprint density at radius 3 is 1.71 bits per heavy atom. The van der Waals surface area contributed by atoms with Crippen LogP contribution in [0.25, 0.3) is 0 Å². The summed E-state index contributed by atoms with van der Waals surface area (Å²) in [6.45, 7) is 3.88. The first-order chi connectivity index (χ1) is 13.3. The quantitative estimate of drug-likeness (QED) is 0.539. The van der Waals surface area contributed by atoms with E-state index in [0.717, 1.165) is 17.8 Å². The zero-order valence-electron chi connectivity index (χ0n) is 15.2. The van der Waals surface area contributed by atoms with Crippen molar-refractivity contribution in [3.8, 4) is 0 Å². The summed E-state index contributed by atoms with van der Waals surface area (Å²) in [5.41, 5.74) is 0.507. The van der Waals surface area contributed by atoms with Crippen LogP contribution >= 0.6 is 0 Å². The van der Waals surface area contributed by atoms with Crippen LogP contribution in [0, 0.1) is 0 Å². The van der Waals surface area contributed by atoms with E-state index in [4.69, 9.17) is 0 Å². The molecular weight excluding hydrogens is 369 g/mol. The molecule has 2 aromatic carbocycles. The zero-order chi connectivity index (χ0) is 20.1. The standard InChI is InChI=1S/C19H19F3N6/c1-12(2)23-16-26-17(24-14-6-4-3-5-7-14)28-18(27-16)25-15-10-8-13(9-11-15)19(20,21)22/h3-12H,1-2H3,(H3,23,24,25,26,27,28). The van der Waals surface area contributed by atoms with Crippen LogP contribution in [-0.4, -0.2) is 21.0 Å². The summed E-state index contributed by atoms with van der Waals surface area (Å²) >= 11 is 0. The van der Waals surface area contributed by atoms with Crippen molar-refractivity contribution in [3.63, 3.8) is 0 Å². The number of rotatable bonds is 6. The molecule has 3 N–H and O–H groups in total. The number of anilines is 5. The van der Waals surface area contributed by atoms with Gasteiger partial charge in [-0.25, -0.2) is 0 Å². The van der Waals surface area contributed by atoms with Crippen LogP contribution in [0.15, 0.2) is 54.6 Å². The van der Waals surface area contributed by atoms with E-state index in [1.165, 1.54) is 12.1 Å². The lowest BCUT2D eigenvalue weighted by Crippen LogP contribution is -2.15. The summed E-state index contributed by atoms with van der Waals surface area (Å²) in [4.78, 5) is 12.9. The molecule has 1 aromatic heterocycles. The third-order valence-electron chi connectivity index (χ3n) is 3.55. The van der Waals surface area contributed by atoms with Gasteiger partial charge in [0.1, 0.15) is 0 Å². The van der Waals surface area contributed by atoms with Crippen LogP contribution in [0.5, 0.6) is 0 Å². The second kappa shape index (κ2) is 8.12. The Kier molecular flexibility index (Phi) is 5.62. The van der Waals surface area contributed by atoms with Crippen LogP contribution < -0.4 is 16.0 Å². The largest absolute Gasteiger partial charge is 0.416 e. The first-order valence-corrected chi connectivity index (χ1v) is 8.58. The van der Waals surface area contributed by atoms with Crippen molar-refractivity contribution in [2.45, 2.75) is 26.1 Å². The molecule has 0 atom stereocenters. The Morgan fingerprint density at radius 2 is 1.21 bits per heavy atom. The van der Waals surface area contributed by atoms with Gasteiger partial charge in [-0.1, -0.05) is 18.2 Å². The lowest BCUT2D eigenvalue weighted by molar-refractivity contribution is -0.137. The van der Waals surface area contributed by atoms with Crippen molar-refractivity contribution in [2.75, 3.05) is 16.0 Å². The van der Waals surface area contributed by atoms with Gasteiger partial charge in [-0.3, -0.25) is 0 Å². The summed E-state index contributed by atoms with van der Waals surface area (Å²) in [6, 6.07) is 14.1. The smallest absolute Gasteiger partial charge is 0.352 e. The van der Waals surface area contributed by atoms with E-state index in [1.54, 1.807) is 0 Å². The second-order valence-electron chi connectivity index (χ2n) is 6.30. The topological polar surface area (TPSA) is 74.8 Å².